The van der Waals surface area contributed by atoms with Gasteiger partial charge >= 0.3 is 6.18 Å². The Morgan fingerprint density at radius 1 is 1.19 bits per heavy atom. The van der Waals surface area contributed by atoms with Crippen LogP contribution in [-0.2, 0) is 12.6 Å². The van der Waals surface area contributed by atoms with Gasteiger partial charge in [-0.05, 0) is 74.9 Å². The van der Waals surface area contributed by atoms with Crippen molar-refractivity contribution in [3.8, 4) is 6.07 Å². The average Bonchev–Trinajstić information content (AvgIpc) is 2.86. The van der Waals surface area contributed by atoms with E-state index in [1.54, 1.807) is 37.7 Å². The van der Waals surface area contributed by atoms with Crippen molar-refractivity contribution in [3.63, 3.8) is 0 Å². The number of hydrogen-bond donors (Lipinski definition) is 0. The Bertz CT molecular complexity index is 1070. The normalized spacial score (nSPS) is 16.2. The molecule has 0 spiro atoms. The molecule has 4 nitrogen and oxygen atoms in total. The fourth-order valence-electron chi connectivity index (χ4n) is 3.67. The third-order valence-electron chi connectivity index (χ3n) is 5.53. The molecule has 1 aliphatic rings. The fraction of sp³-hybridized carbons (Fsp3) is 0.414. The number of aryl methyl sites for hydroxylation is 2. The predicted molar refractivity (Wildman–Crippen MR) is 148 cm³/mol. The standard InChI is InChI=1S/C12H21N3.C9H9F3.C8H6ClN/c1-3-13-11-14-7-5-9-15-8-4-6-12(2)10-15;1-2-7-5-3-4-6-8(7)9(10,11)12;1-6-2-3-7(5-10)8(9)4-6/h3,5,7,11-12H,4,6,8-10H2,1-2H3;3-6H,2H2,1H3;2-4H,1H3/b7-5+,13-3?,14-11?;;. The summed E-state index contributed by atoms with van der Waals surface area (Å²) in [5, 5.41) is 9.00. The van der Waals surface area contributed by atoms with E-state index in [-0.39, 0.29) is 0 Å². The summed E-state index contributed by atoms with van der Waals surface area (Å²) in [6.45, 7) is 11.3. The molecule has 1 unspecified atom stereocenters. The molecule has 0 bridgehead atoms. The van der Waals surface area contributed by atoms with E-state index in [9.17, 15) is 13.2 Å². The highest BCUT2D eigenvalue weighted by Gasteiger charge is 2.32. The summed E-state index contributed by atoms with van der Waals surface area (Å²) in [5.41, 5.74) is 1.44. The summed E-state index contributed by atoms with van der Waals surface area (Å²) in [7, 11) is 0. The van der Waals surface area contributed by atoms with E-state index in [1.807, 2.05) is 32.2 Å². The van der Waals surface area contributed by atoms with Gasteiger partial charge in [-0.15, -0.1) is 0 Å². The van der Waals surface area contributed by atoms with Gasteiger partial charge < -0.3 is 0 Å². The first-order valence-electron chi connectivity index (χ1n) is 12.3. The highest BCUT2D eigenvalue weighted by molar-refractivity contribution is 6.31. The second-order valence-electron chi connectivity index (χ2n) is 8.67. The number of hydrogen-bond acceptors (Lipinski definition) is 3. The molecular formula is C29H36ClF3N4. The monoisotopic (exact) mass is 532 g/mol. The van der Waals surface area contributed by atoms with Crippen molar-refractivity contribution in [2.75, 3.05) is 19.6 Å². The SMILES string of the molecule is CC=NC=N/C=C/CN1CCCC(C)C1.CCc1ccccc1C(F)(F)F.Cc1ccc(C#N)c(Cl)c1. The van der Waals surface area contributed by atoms with Crippen molar-refractivity contribution in [1.29, 1.82) is 5.26 Å². The zero-order chi connectivity index (χ0) is 27.7. The van der Waals surface area contributed by atoms with Crippen LogP contribution in [0.5, 0.6) is 0 Å². The zero-order valence-corrected chi connectivity index (χ0v) is 22.7. The van der Waals surface area contributed by atoms with Gasteiger partial charge in [-0.1, -0.05) is 55.8 Å². The molecule has 2 aromatic rings. The molecule has 2 aromatic carbocycles. The Labute approximate surface area is 224 Å². The molecule has 37 heavy (non-hydrogen) atoms. The van der Waals surface area contributed by atoms with Crippen LogP contribution in [0.25, 0.3) is 0 Å². The summed E-state index contributed by atoms with van der Waals surface area (Å²) in [6, 6.07) is 13.0. The van der Waals surface area contributed by atoms with Gasteiger partial charge in [0.05, 0.1) is 16.1 Å². The lowest BCUT2D eigenvalue weighted by molar-refractivity contribution is -0.138. The average molecular weight is 533 g/mol. The molecule has 3 rings (SSSR count). The largest absolute Gasteiger partial charge is 0.416 e. The Balaban J connectivity index is 0.000000283. The van der Waals surface area contributed by atoms with E-state index in [2.05, 4.69) is 27.9 Å². The summed E-state index contributed by atoms with van der Waals surface area (Å²) in [4.78, 5) is 10.4. The number of nitriles is 1. The number of aliphatic imine (C=N–C) groups is 2. The molecule has 0 saturated carbocycles. The Morgan fingerprint density at radius 2 is 1.92 bits per heavy atom. The van der Waals surface area contributed by atoms with Gasteiger partial charge in [0.25, 0.3) is 0 Å². The first-order chi connectivity index (χ1) is 17.6. The first-order valence-corrected chi connectivity index (χ1v) is 12.7. The van der Waals surface area contributed by atoms with E-state index in [4.69, 9.17) is 16.9 Å². The quantitative estimate of drug-likeness (QED) is 0.288. The summed E-state index contributed by atoms with van der Waals surface area (Å²) in [5.74, 6) is 0.848. The molecule has 1 atom stereocenters. The number of benzene rings is 2. The highest BCUT2D eigenvalue weighted by atomic mass is 35.5. The van der Waals surface area contributed by atoms with Gasteiger partial charge in [0.1, 0.15) is 12.4 Å². The van der Waals surface area contributed by atoms with Crippen LogP contribution in [0.3, 0.4) is 0 Å². The minimum absolute atomic E-state index is 0.352. The van der Waals surface area contributed by atoms with E-state index < -0.39 is 11.7 Å². The summed E-state index contributed by atoms with van der Waals surface area (Å²) in [6.07, 6.45) is 6.12. The molecular weight excluding hydrogens is 497 g/mol. The minimum atomic E-state index is -4.22. The third kappa shape index (κ3) is 13.2. The molecule has 200 valence electrons. The van der Waals surface area contributed by atoms with E-state index in [0.29, 0.717) is 22.6 Å². The molecule has 1 heterocycles. The Kier molecular flexibility index (Phi) is 15.2. The lowest BCUT2D eigenvalue weighted by Crippen LogP contribution is -2.34. The Hall–Kier alpha value is -2.95. The van der Waals surface area contributed by atoms with Gasteiger partial charge in [0.2, 0.25) is 0 Å². The van der Waals surface area contributed by atoms with Gasteiger partial charge in [-0.25, -0.2) is 9.98 Å². The van der Waals surface area contributed by atoms with Crippen molar-refractivity contribution in [2.45, 2.75) is 53.1 Å². The van der Waals surface area contributed by atoms with Crippen LogP contribution in [0.4, 0.5) is 13.2 Å². The molecule has 1 aliphatic heterocycles. The van der Waals surface area contributed by atoms with Gasteiger partial charge in [-0.3, -0.25) is 4.90 Å². The van der Waals surface area contributed by atoms with E-state index >= 15 is 0 Å². The van der Waals surface area contributed by atoms with Crippen LogP contribution < -0.4 is 0 Å². The second-order valence-corrected chi connectivity index (χ2v) is 9.07. The smallest absolute Gasteiger partial charge is 0.299 e. The minimum Gasteiger partial charge on any atom is -0.299 e. The van der Waals surface area contributed by atoms with Crippen LogP contribution in [-0.4, -0.2) is 37.1 Å². The van der Waals surface area contributed by atoms with Crippen molar-refractivity contribution in [1.82, 2.24) is 4.90 Å². The van der Waals surface area contributed by atoms with Crippen LogP contribution in [0.15, 0.2) is 64.7 Å². The highest BCUT2D eigenvalue weighted by Crippen LogP contribution is 2.31. The molecule has 0 aromatic heterocycles. The van der Waals surface area contributed by atoms with Gasteiger partial charge in [0, 0.05) is 25.5 Å². The summed E-state index contributed by atoms with van der Waals surface area (Å²) < 4.78 is 36.7. The van der Waals surface area contributed by atoms with Crippen molar-refractivity contribution in [2.24, 2.45) is 15.9 Å². The van der Waals surface area contributed by atoms with E-state index in [1.165, 1.54) is 38.1 Å². The maximum absolute atomic E-state index is 12.2. The van der Waals surface area contributed by atoms with Crippen LogP contribution in [0.1, 0.15) is 55.9 Å². The first kappa shape index (κ1) is 32.1. The Morgan fingerprint density at radius 3 is 2.49 bits per heavy atom. The van der Waals surface area contributed by atoms with Crippen molar-refractivity contribution in [3.05, 3.63) is 82.0 Å². The van der Waals surface area contributed by atoms with Crippen molar-refractivity contribution < 1.29 is 13.2 Å². The molecule has 0 aliphatic carbocycles. The predicted octanol–water partition coefficient (Wildman–Crippen LogP) is 8.14. The van der Waals surface area contributed by atoms with Crippen LogP contribution >= 0.6 is 11.6 Å². The zero-order valence-electron chi connectivity index (χ0n) is 22.0. The maximum Gasteiger partial charge on any atom is 0.416 e. The molecule has 8 heteroatoms. The lowest BCUT2D eigenvalue weighted by atomic mass is 10.0. The van der Waals surface area contributed by atoms with Gasteiger partial charge in [0.15, 0.2) is 0 Å². The molecule has 0 radical (unpaired) electrons. The summed E-state index contributed by atoms with van der Waals surface area (Å²) >= 11 is 5.71. The third-order valence-corrected chi connectivity index (χ3v) is 5.84. The lowest BCUT2D eigenvalue weighted by Gasteiger charge is -2.29. The molecule has 0 amide bonds. The second kappa shape index (κ2) is 17.5. The van der Waals surface area contributed by atoms with E-state index in [0.717, 1.165) is 24.1 Å². The fourth-order valence-corrected chi connectivity index (χ4v) is 3.95. The van der Waals surface area contributed by atoms with Gasteiger partial charge in [-0.2, -0.15) is 18.4 Å². The number of alkyl halides is 3. The number of likely N-dealkylation sites (tertiary alicyclic amines) is 1. The number of rotatable bonds is 5. The molecule has 0 N–H and O–H groups in total. The number of halogens is 4. The van der Waals surface area contributed by atoms with Crippen molar-refractivity contribution >= 4 is 24.2 Å². The van der Waals surface area contributed by atoms with Crippen LogP contribution in [0.2, 0.25) is 5.02 Å². The molecule has 1 fully saturated rings. The topological polar surface area (TPSA) is 51.8 Å². The maximum atomic E-state index is 12.2. The molecule has 1 saturated heterocycles. The number of piperidine rings is 1. The number of nitrogens with zero attached hydrogens (tertiary/aromatic N) is 4. The van der Waals surface area contributed by atoms with Crippen LogP contribution in [0, 0.1) is 24.2 Å².